The molecule has 1 N–H and O–H groups in total. The summed E-state index contributed by atoms with van der Waals surface area (Å²) in [5, 5.41) is 0. The van der Waals surface area contributed by atoms with Gasteiger partial charge in [-0.1, -0.05) is 28.1 Å². The summed E-state index contributed by atoms with van der Waals surface area (Å²) >= 11 is 3.52. The number of ether oxygens (including phenoxy) is 1. The standard InChI is InChI=1S/C17H18BrN3O/c1-21(2)9-10-22-16-8-7-12(18)11-13(16)17-19-14-5-3-4-6-15(14)20-17/h3-8,11H,9-10H2,1-2H3,(H,19,20). The van der Waals surface area contributed by atoms with E-state index < -0.39 is 0 Å². The quantitative estimate of drug-likeness (QED) is 0.750. The average Bonchev–Trinajstić information content (AvgIpc) is 2.92. The number of nitrogens with zero attached hydrogens (tertiary/aromatic N) is 2. The van der Waals surface area contributed by atoms with E-state index in [0.29, 0.717) is 6.61 Å². The Labute approximate surface area is 138 Å². The minimum absolute atomic E-state index is 0.641. The van der Waals surface area contributed by atoms with Crippen LogP contribution in [0, 0.1) is 0 Å². The number of fused-ring (bicyclic) bond motifs is 1. The van der Waals surface area contributed by atoms with Crippen molar-refractivity contribution < 1.29 is 4.74 Å². The molecule has 114 valence electrons. The molecule has 0 saturated carbocycles. The number of aromatic nitrogens is 2. The van der Waals surface area contributed by atoms with Gasteiger partial charge >= 0.3 is 0 Å². The van der Waals surface area contributed by atoms with E-state index in [1.54, 1.807) is 0 Å². The largest absolute Gasteiger partial charge is 0.491 e. The first-order valence-electron chi connectivity index (χ1n) is 7.16. The Kier molecular flexibility index (Phi) is 4.45. The van der Waals surface area contributed by atoms with Crippen LogP contribution in [0.15, 0.2) is 46.9 Å². The molecule has 22 heavy (non-hydrogen) atoms. The molecule has 0 atom stereocenters. The molecule has 0 aliphatic heterocycles. The summed E-state index contributed by atoms with van der Waals surface area (Å²) in [4.78, 5) is 10.1. The van der Waals surface area contributed by atoms with Crippen molar-refractivity contribution in [3.63, 3.8) is 0 Å². The summed E-state index contributed by atoms with van der Waals surface area (Å²) in [5.41, 5.74) is 2.94. The zero-order valence-electron chi connectivity index (χ0n) is 12.6. The van der Waals surface area contributed by atoms with E-state index in [-0.39, 0.29) is 0 Å². The number of aromatic amines is 1. The maximum atomic E-state index is 5.93. The molecule has 0 bridgehead atoms. The van der Waals surface area contributed by atoms with Crippen LogP contribution in [-0.4, -0.2) is 42.1 Å². The van der Waals surface area contributed by atoms with Gasteiger partial charge in [-0.05, 0) is 44.4 Å². The first-order valence-corrected chi connectivity index (χ1v) is 7.95. The van der Waals surface area contributed by atoms with Gasteiger partial charge in [-0.25, -0.2) is 4.98 Å². The normalized spacial score (nSPS) is 11.3. The van der Waals surface area contributed by atoms with Gasteiger partial charge in [0.2, 0.25) is 0 Å². The van der Waals surface area contributed by atoms with E-state index in [1.807, 2.05) is 56.6 Å². The van der Waals surface area contributed by atoms with Gasteiger partial charge in [0.25, 0.3) is 0 Å². The molecular formula is C17H18BrN3O. The zero-order valence-corrected chi connectivity index (χ0v) is 14.2. The van der Waals surface area contributed by atoms with Gasteiger partial charge in [-0.15, -0.1) is 0 Å². The fourth-order valence-electron chi connectivity index (χ4n) is 2.23. The molecule has 4 nitrogen and oxygen atoms in total. The fourth-order valence-corrected chi connectivity index (χ4v) is 2.59. The summed E-state index contributed by atoms with van der Waals surface area (Å²) in [6.45, 7) is 1.51. The molecule has 0 saturated heterocycles. The average molecular weight is 360 g/mol. The van der Waals surface area contributed by atoms with Crippen molar-refractivity contribution in [2.24, 2.45) is 0 Å². The number of hydrogen-bond acceptors (Lipinski definition) is 3. The number of nitrogens with one attached hydrogen (secondary N) is 1. The van der Waals surface area contributed by atoms with Gasteiger partial charge in [-0.3, -0.25) is 0 Å². The van der Waals surface area contributed by atoms with Gasteiger partial charge in [0.1, 0.15) is 18.2 Å². The van der Waals surface area contributed by atoms with Gasteiger partial charge in [0.05, 0.1) is 16.6 Å². The molecule has 0 aliphatic carbocycles. The molecule has 0 amide bonds. The summed E-state index contributed by atoms with van der Waals surface area (Å²) in [5.74, 6) is 1.66. The highest BCUT2D eigenvalue weighted by molar-refractivity contribution is 9.10. The monoisotopic (exact) mass is 359 g/mol. The molecule has 2 aromatic carbocycles. The van der Waals surface area contributed by atoms with Crippen LogP contribution >= 0.6 is 15.9 Å². The number of H-pyrrole nitrogens is 1. The molecule has 0 fully saturated rings. The number of para-hydroxylation sites is 2. The van der Waals surface area contributed by atoms with Gasteiger partial charge in [-0.2, -0.15) is 0 Å². The molecule has 0 unspecified atom stereocenters. The third-order valence-electron chi connectivity index (χ3n) is 3.38. The summed E-state index contributed by atoms with van der Waals surface area (Å²) in [6.07, 6.45) is 0. The Balaban J connectivity index is 1.95. The number of likely N-dealkylation sites (N-methyl/N-ethyl adjacent to an activating group) is 1. The lowest BCUT2D eigenvalue weighted by atomic mass is 10.2. The first-order chi connectivity index (χ1) is 10.6. The predicted molar refractivity (Wildman–Crippen MR) is 93.3 cm³/mol. The maximum absolute atomic E-state index is 5.93. The highest BCUT2D eigenvalue weighted by atomic mass is 79.9. The molecule has 3 aromatic rings. The van der Waals surface area contributed by atoms with Crippen LogP contribution in [0.4, 0.5) is 0 Å². The van der Waals surface area contributed by atoms with Crippen molar-refractivity contribution in [2.45, 2.75) is 0 Å². The van der Waals surface area contributed by atoms with Crippen molar-refractivity contribution in [2.75, 3.05) is 27.2 Å². The minimum atomic E-state index is 0.641. The number of imidazole rings is 1. The van der Waals surface area contributed by atoms with Crippen LogP contribution in [0.25, 0.3) is 22.4 Å². The van der Waals surface area contributed by atoms with Gasteiger partial charge < -0.3 is 14.6 Å². The second-order valence-corrected chi connectivity index (χ2v) is 6.31. The molecule has 3 rings (SSSR count). The Morgan fingerprint density at radius 1 is 1.18 bits per heavy atom. The number of rotatable bonds is 5. The zero-order chi connectivity index (χ0) is 15.5. The SMILES string of the molecule is CN(C)CCOc1ccc(Br)cc1-c1nc2ccccc2[nH]1. The molecule has 0 spiro atoms. The molecule has 1 aromatic heterocycles. The third kappa shape index (κ3) is 3.31. The molecule has 1 heterocycles. The van der Waals surface area contributed by atoms with Crippen LogP contribution in [0.1, 0.15) is 0 Å². The summed E-state index contributed by atoms with van der Waals surface area (Å²) < 4.78 is 6.93. The van der Waals surface area contributed by atoms with E-state index in [4.69, 9.17) is 4.74 Å². The smallest absolute Gasteiger partial charge is 0.142 e. The topological polar surface area (TPSA) is 41.1 Å². The minimum Gasteiger partial charge on any atom is -0.491 e. The number of benzene rings is 2. The first kappa shape index (κ1) is 15.1. The predicted octanol–water partition coefficient (Wildman–Crippen LogP) is 3.93. The molecule has 0 radical (unpaired) electrons. The van der Waals surface area contributed by atoms with E-state index in [1.165, 1.54) is 0 Å². The Morgan fingerprint density at radius 2 is 2.00 bits per heavy atom. The second-order valence-electron chi connectivity index (χ2n) is 5.39. The van der Waals surface area contributed by atoms with Crippen LogP contribution < -0.4 is 4.74 Å². The third-order valence-corrected chi connectivity index (χ3v) is 3.88. The Hall–Kier alpha value is -1.85. The van der Waals surface area contributed by atoms with Crippen molar-refractivity contribution >= 4 is 27.0 Å². The van der Waals surface area contributed by atoms with E-state index in [2.05, 4.69) is 30.8 Å². The summed E-state index contributed by atoms with van der Waals surface area (Å²) in [7, 11) is 4.07. The van der Waals surface area contributed by atoms with Crippen LogP contribution in [0.5, 0.6) is 5.75 Å². The van der Waals surface area contributed by atoms with Gasteiger partial charge in [0.15, 0.2) is 0 Å². The van der Waals surface area contributed by atoms with Crippen molar-refractivity contribution in [3.05, 3.63) is 46.9 Å². The van der Waals surface area contributed by atoms with E-state index in [9.17, 15) is 0 Å². The Bertz CT molecular complexity index is 749. The molecule has 5 heteroatoms. The highest BCUT2D eigenvalue weighted by Crippen LogP contribution is 2.32. The van der Waals surface area contributed by atoms with Crippen molar-refractivity contribution in [3.8, 4) is 17.1 Å². The van der Waals surface area contributed by atoms with E-state index in [0.717, 1.165) is 39.2 Å². The lowest BCUT2D eigenvalue weighted by molar-refractivity contribution is 0.262. The van der Waals surface area contributed by atoms with Crippen LogP contribution in [0.3, 0.4) is 0 Å². The lowest BCUT2D eigenvalue weighted by Crippen LogP contribution is -2.19. The molecular weight excluding hydrogens is 342 g/mol. The fraction of sp³-hybridized carbons (Fsp3) is 0.235. The van der Waals surface area contributed by atoms with Crippen LogP contribution in [-0.2, 0) is 0 Å². The van der Waals surface area contributed by atoms with Crippen molar-refractivity contribution in [1.82, 2.24) is 14.9 Å². The Morgan fingerprint density at radius 3 is 2.77 bits per heavy atom. The van der Waals surface area contributed by atoms with Crippen LogP contribution in [0.2, 0.25) is 0 Å². The van der Waals surface area contributed by atoms with Crippen molar-refractivity contribution in [1.29, 1.82) is 0 Å². The second kappa shape index (κ2) is 6.50. The maximum Gasteiger partial charge on any atom is 0.142 e. The van der Waals surface area contributed by atoms with Gasteiger partial charge in [0, 0.05) is 11.0 Å². The number of hydrogen-bond donors (Lipinski definition) is 1. The molecule has 0 aliphatic rings. The lowest BCUT2D eigenvalue weighted by Gasteiger charge is -2.13. The summed E-state index contributed by atoms with van der Waals surface area (Å²) in [6, 6.07) is 14.0. The highest BCUT2D eigenvalue weighted by Gasteiger charge is 2.12. The number of halogens is 1. The van der Waals surface area contributed by atoms with E-state index >= 15 is 0 Å².